The zero-order valence-electron chi connectivity index (χ0n) is 14.0. The lowest BCUT2D eigenvalue weighted by Gasteiger charge is -2.12. The van der Waals surface area contributed by atoms with Gasteiger partial charge >= 0.3 is 5.97 Å². The molecule has 1 unspecified atom stereocenters. The normalized spacial score (nSPS) is 11.9. The van der Waals surface area contributed by atoms with Crippen LogP contribution in [0.15, 0.2) is 48.5 Å². The van der Waals surface area contributed by atoms with Crippen molar-refractivity contribution in [1.29, 1.82) is 0 Å². The number of esters is 1. The SMILES string of the molecule is Cc1ccc(C(=O)C(C)OC(=O)CNc2nc3ccccc3s2)cc1. The van der Waals surface area contributed by atoms with E-state index in [4.69, 9.17) is 4.74 Å². The molecule has 3 aromatic rings. The van der Waals surface area contributed by atoms with Crippen LogP contribution < -0.4 is 5.32 Å². The first kappa shape index (κ1) is 17.1. The summed E-state index contributed by atoms with van der Waals surface area (Å²) in [6.07, 6.45) is -0.827. The lowest BCUT2D eigenvalue weighted by atomic mass is 10.1. The van der Waals surface area contributed by atoms with Crippen molar-refractivity contribution in [2.75, 3.05) is 11.9 Å². The van der Waals surface area contributed by atoms with Gasteiger partial charge in [0.15, 0.2) is 11.2 Å². The van der Waals surface area contributed by atoms with Crippen LogP contribution in [0.2, 0.25) is 0 Å². The summed E-state index contributed by atoms with van der Waals surface area (Å²) >= 11 is 1.47. The number of rotatable bonds is 6. The van der Waals surface area contributed by atoms with Crippen molar-refractivity contribution < 1.29 is 14.3 Å². The van der Waals surface area contributed by atoms with E-state index in [1.165, 1.54) is 11.3 Å². The summed E-state index contributed by atoms with van der Waals surface area (Å²) in [5, 5.41) is 3.60. The van der Waals surface area contributed by atoms with Crippen molar-refractivity contribution in [3.05, 3.63) is 59.7 Å². The highest BCUT2D eigenvalue weighted by molar-refractivity contribution is 7.22. The Morgan fingerprint density at radius 3 is 2.60 bits per heavy atom. The number of aromatic nitrogens is 1. The lowest BCUT2D eigenvalue weighted by Crippen LogP contribution is -2.27. The maximum absolute atomic E-state index is 12.3. The molecule has 6 heteroatoms. The summed E-state index contributed by atoms with van der Waals surface area (Å²) in [7, 11) is 0. The third kappa shape index (κ3) is 4.22. The van der Waals surface area contributed by atoms with Gasteiger partial charge in [0.25, 0.3) is 0 Å². The Bertz CT molecular complexity index is 869. The average molecular weight is 354 g/mol. The molecule has 0 aliphatic carbocycles. The Hall–Kier alpha value is -2.73. The van der Waals surface area contributed by atoms with Crippen LogP contribution in [0, 0.1) is 6.92 Å². The van der Waals surface area contributed by atoms with Crippen molar-refractivity contribution in [3.8, 4) is 0 Å². The van der Waals surface area contributed by atoms with E-state index in [2.05, 4.69) is 10.3 Å². The Morgan fingerprint density at radius 1 is 1.16 bits per heavy atom. The topological polar surface area (TPSA) is 68.3 Å². The highest BCUT2D eigenvalue weighted by Gasteiger charge is 2.19. The van der Waals surface area contributed by atoms with E-state index in [0.717, 1.165) is 15.8 Å². The first-order chi connectivity index (χ1) is 12.0. The quantitative estimate of drug-likeness (QED) is 0.538. The summed E-state index contributed by atoms with van der Waals surface area (Å²) in [5.41, 5.74) is 2.48. The number of ketones is 1. The molecule has 0 spiro atoms. The van der Waals surface area contributed by atoms with Gasteiger partial charge in [-0.05, 0) is 26.0 Å². The molecule has 1 N–H and O–H groups in total. The summed E-state index contributed by atoms with van der Waals surface area (Å²) < 4.78 is 6.26. The molecule has 0 saturated carbocycles. The molecule has 128 valence electrons. The molecule has 0 radical (unpaired) electrons. The number of nitrogens with one attached hydrogen (secondary N) is 1. The molecule has 0 aliphatic heterocycles. The molecule has 1 aromatic heterocycles. The second-order valence-corrected chi connectivity index (χ2v) is 6.73. The van der Waals surface area contributed by atoms with Crippen molar-refractivity contribution >= 4 is 38.4 Å². The smallest absolute Gasteiger partial charge is 0.326 e. The Balaban J connectivity index is 1.54. The molecule has 5 nitrogen and oxygen atoms in total. The van der Waals surface area contributed by atoms with Crippen LogP contribution in [-0.2, 0) is 9.53 Å². The monoisotopic (exact) mass is 354 g/mol. The number of thiazole rings is 1. The molecule has 0 saturated heterocycles. The standard InChI is InChI=1S/C19H18N2O3S/c1-12-7-9-14(10-8-12)18(23)13(2)24-17(22)11-20-19-21-15-5-3-4-6-16(15)25-19/h3-10,13H,11H2,1-2H3,(H,20,21). The van der Waals surface area contributed by atoms with Crippen LogP contribution in [0.1, 0.15) is 22.8 Å². The number of aryl methyl sites for hydroxylation is 1. The minimum absolute atomic E-state index is 0.0364. The van der Waals surface area contributed by atoms with Gasteiger partial charge in [0, 0.05) is 5.56 Å². The minimum atomic E-state index is -0.827. The van der Waals surface area contributed by atoms with Gasteiger partial charge in [0.05, 0.1) is 10.2 Å². The number of hydrogen-bond donors (Lipinski definition) is 1. The highest BCUT2D eigenvalue weighted by atomic mass is 32.1. The molecule has 3 rings (SSSR count). The van der Waals surface area contributed by atoms with E-state index in [1.807, 2.05) is 43.3 Å². The number of ether oxygens (including phenoxy) is 1. The summed E-state index contributed by atoms with van der Waals surface area (Å²) in [6, 6.07) is 14.9. The minimum Gasteiger partial charge on any atom is -0.453 e. The average Bonchev–Trinajstić information content (AvgIpc) is 3.03. The number of benzene rings is 2. The zero-order valence-corrected chi connectivity index (χ0v) is 14.8. The molecule has 0 aliphatic rings. The Kier molecular flexibility index (Phi) is 5.09. The van der Waals surface area contributed by atoms with Gasteiger partial charge in [-0.1, -0.05) is 53.3 Å². The van der Waals surface area contributed by atoms with E-state index in [9.17, 15) is 9.59 Å². The summed E-state index contributed by atoms with van der Waals surface area (Å²) in [4.78, 5) is 28.6. The number of anilines is 1. The van der Waals surface area contributed by atoms with Gasteiger partial charge in [-0.3, -0.25) is 9.59 Å². The molecule has 1 atom stereocenters. The molecule has 0 fully saturated rings. The van der Waals surface area contributed by atoms with Crippen molar-refractivity contribution in [1.82, 2.24) is 4.98 Å². The van der Waals surface area contributed by atoms with Gasteiger partial charge in [0.2, 0.25) is 5.78 Å². The number of nitrogens with zero attached hydrogens (tertiary/aromatic N) is 1. The Labute approximate surface area is 149 Å². The second kappa shape index (κ2) is 7.44. The van der Waals surface area contributed by atoms with Crippen LogP contribution >= 0.6 is 11.3 Å². The van der Waals surface area contributed by atoms with Crippen LogP contribution in [0.3, 0.4) is 0 Å². The molecule has 0 bridgehead atoms. The first-order valence-corrected chi connectivity index (χ1v) is 8.74. The Morgan fingerprint density at radius 2 is 1.88 bits per heavy atom. The fourth-order valence-electron chi connectivity index (χ4n) is 2.34. The van der Waals surface area contributed by atoms with Crippen LogP contribution in [0.5, 0.6) is 0 Å². The maximum atomic E-state index is 12.3. The molecule has 25 heavy (non-hydrogen) atoms. The van der Waals surface area contributed by atoms with Gasteiger partial charge in [-0.15, -0.1) is 0 Å². The van der Waals surface area contributed by atoms with Crippen molar-refractivity contribution in [3.63, 3.8) is 0 Å². The van der Waals surface area contributed by atoms with Crippen molar-refractivity contribution in [2.24, 2.45) is 0 Å². The summed E-state index contributed by atoms with van der Waals surface area (Å²) in [6.45, 7) is 3.49. The third-order valence-electron chi connectivity index (χ3n) is 3.69. The third-order valence-corrected chi connectivity index (χ3v) is 4.69. The molecular weight excluding hydrogens is 336 g/mol. The number of para-hydroxylation sites is 1. The lowest BCUT2D eigenvalue weighted by molar-refractivity contribution is -0.144. The van der Waals surface area contributed by atoms with E-state index in [0.29, 0.717) is 10.7 Å². The van der Waals surface area contributed by atoms with E-state index in [1.54, 1.807) is 19.1 Å². The zero-order chi connectivity index (χ0) is 17.8. The molecule has 0 amide bonds. The fourth-order valence-corrected chi connectivity index (χ4v) is 3.20. The van der Waals surface area contributed by atoms with E-state index in [-0.39, 0.29) is 12.3 Å². The highest BCUT2D eigenvalue weighted by Crippen LogP contribution is 2.25. The summed E-state index contributed by atoms with van der Waals surface area (Å²) in [5.74, 6) is -0.708. The van der Waals surface area contributed by atoms with Gasteiger partial charge < -0.3 is 10.1 Å². The fraction of sp³-hybridized carbons (Fsp3) is 0.211. The van der Waals surface area contributed by atoms with Gasteiger partial charge in [-0.25, -0.2) is 4.98 Å². The maximum Gasteiger partial charge on any atom is 0.326 e. The molecule has 2 aromatic carbocycles. The number of hydrogen-bond acceptors (Lipinski definition) is 6. The number of carbonyl (C=O) groups excluding carboxylic acids is 2. The second-order valence-electron chi connectivity index (χ2n) is 5.70. The number of Topliss-reactive ketones (excluding diaryl/α,β-unsaturated/α-hetero) is 1. The first-order valence-electron chi connectivity index (χ1n) is 7.93. The number of carbonyl (C=O) groups is 2. The van der Waals surface area contributed by atoms with E-state index >= 15 is 0 Å². The predicted octanol–water partition coefficient (Wildman–Crippen LogP) is 3.83. The number of fused-ring (bicyclic) bond motifs is 1. The predicted molar refractivity (Wildman–Crippen MR) is 99.2 cm³/mol. The molecular formula is C19H18N2O3S. The van der Waals surface area contributed by atoms with Gasteiger partial charge in [0.1, 0.15) is 6.54 Å². The van der Waals surface area contributed by atoms with Crippen LogP contribution in [0.25, 0.3) is 10.2 Å². The van der Waals surface area contributed by atoms with Crippen molar-refractivity contribution in [2.45, 2.75) is 20.0 Å². The molecule has 1 heterocycles. The van der Waals surface area contributed by atoms with Crippen LogP contribution in [0.4, 0.5) is 5.13 Å². The van der Waals surface area contributed by atoms with Gasteiger partial charge in [-0.2, -0.15) is 0 Å². The van der Waals surface area contributed by atoms with E-state index < -0.39 is 12.1 Å². The van der Waals surface area contributed by atoms with Crippen LogP contribution in [-0.4, -0.2) is 29.4 Å². The largest absolute Gasteiger partial charge is 0.453 e.